The molecule has 2 aromatic carbocycles. The maximum atomic E-state index is 12.8. The van der Waals surface area contributed by atoms with Gasteiger partial charge in [0.25, 0.3) is 5.91 Å². The molecule has 0 aliphatic carbocycles. The Bertz CT molecular complexity index is 922. The van der Waals surface area contributed by atoms with Crippen molar-refractivity contribution in [1.29, 1.82) is 0 Å². The van der Waals surface area contributed by atoms with Crippen LogP contribution in [0.2, 0.25) is 5.02 Å². The zero-order valence-electron chi connectivity index (χ0n) is 16.3. The van der Waals surface area contributed by atoms with Gasteiger partial charge in [-0.15, -0.1) is 0 Å². The first-order valence-corrected chi connectivity index (χ1v) is 11.5. The molecule has 29 heavy (non-hydrogen) atoms. The molecule has 1 heterocycles. The smallest absolute Gasteiger partial charge is 0.265 e. The van der Waals surface area contributed by atoms with E-state index in [4.69, 9.17) is 16.3 Å². The number of benzene rings is 2. The fourth-order valence-electron chi connectivity index (χ4n) is 3.16. The monoisotopic (exact) mass is 436 g/mol. The van der Waals surface area contributed by atoms with Gasteiger partial charge < -0.3 is 10.1 Å². The molecule has 2 aromatic rings. The van der Waals surface area contributed by atoms with Crippen LogP contribution in [-0.2, 0) is 14.8 Å². The number of nitrogens with one attached hydrogen (secondary N) is 1. The summed E-state index contributed by atoms with van der Waals surface area (Å²) in [5.74, 6) is 0.207. The van der Waals surface area contributed by atoms with E-state index in [9.17, 15) is 13.2 Å². The van der Waals surface area contributed by atoms with E-state index in [1.165, 1.54) is 12.1 Å². The van der Waals surface area contributed by atoms with Crippen LogP contribution in [0.5, 0.6) is 5.75 Å². The Morgan fingerprint density at radius 2 is 1.59 bits per heavy atom. The Hall–Kier alpha value is -2.09. The lowest BCUT2D eigenvalue weighted by atomic mass is 10.2. The number of hydrogen-bond donors (Lipinski definition) is 1. The molecule has 0 spiro atoms. The summed E-state index contributed by atoms with van der Waals surface area (Å²) in [5, 5.41) is 3.33. The third kappa shape index (κ3) is 5.72. The Morgan fingerprint density at radius 1 is 1.00 bits per heavy atom. The first-order valence-electron chi connectivity index (χ1n) is 9.69. The zero-order chi connectivity index (χ0) is 20.9. The summed E-state index contributed by atoms with van der Waals surface area (Å²) in [7, 11) is -3.51. The lowest BCUT2D eigenvalue weighted by Gasteiger charge is -2.20. The number of ether oxygens (including phenoxy) is 1. The quantitative estimate of drug-likeness (QED) is 0.732. The summed E-state index contributed by atoms with van der Waals surface area (Å²) in [6.45, 7) is 2.75. The molecular weight excluding hydrogens is 412 g/mol. The first-order chi connectivity index (χ1) is 13.9. The van der Waals surface area contributed by atoms with E-state index in [-0.39, 0.29) is 10.8 Å². The van der Waals surface area contributed by atoms with Crippen molar-refractivity contribution in [3.8, 4) is 5.75 Å². The van der Waals surface area contributed by atoms with Crippen molar-refractivity contribution in [3.63, 3.8) is 0 Å². The molecule has 1 atom stereocenters. The number of carbonyl (C=O) groups excluding carboxylic acids is 1. The van der Waals surface area contributed by atoms with Crippen LogP contribution in [0.15, 0.2) is 53.4 Å². The van der Waals surface area contributed by atoms with Crippen molar-refractivity contribution in [2.45, 2.75) is 43.6 Å². The molecule has 156 valence electrons. The largest absolute Gasteiger partial charge is 0.481 e. The van der Waals surface area contributed by atoms with Gasteiger partial charge in [-0.25, -0.2) is 8.42 Å². The highest BCUT2D eigenvalue weighted by Crippen LogP contribution is 2.22. The number of rotatable bonds is 6. The van der Waals surface area contributed by atoms with Crippen LogP contribution >= 0.6 is 11.6 Å². The minimum atomic E-state index is -3.51. The van der Waals surface area contributed by atoms with Crippen LogP contribution in [-0.4, -0.2) is 37.8 Å². The van der Waals surface area contributed by atoms with Crippen LogP contribution in [0.4, 0.5) is 5.69 Å². The van der Waals surface area contributed by atoms with Crippen LogP contribution in [0.3, 0.4) is 0 Å². The lowest BCUT2D eigenvalue weighted by molar-refractivity contribution is -0.122. The maximum absolute atomic E-state index is 12.8. The van der Waals surface area contributed by atoms with Gasteiger partial charge in [0.05, 0.1) is 4.90 Å². The molecule has 1 aliphatic heterocycles. The molecule has 6 nitrogen and oxygen atoms in total. The van der Waals surface area contributed by atoms with Crippen molar-refractivity contribution >= 4 is 33.2 Å². The minimum Gasteiger partial charge on any atom is -0.481 e. The van der Waals surface area contributed by atoms with Crippen LogP contribution in [0.25, 0.3) is 0 Å². The molecule has 1 aliphatic rings. The highest BCUT2D eigenvalue weighted by molar-refractivity contribution is 7.89. The predicted octanol–water partition coefficient (Wildman–Crippen LogP) is 4.31. The molecular formula is C21H25ClN2O4S. The number of hydrogen-bond acceptors (Lipinski definition) is 4. The average molecular weight is 437 g/mol. The second-order valence-corrected chi connectivity index (χ2v) is 9.42. The molecule has 1 N–H and O–H groups in total. The van der Waals surface area contributed by atoms with Crippen LogP contribution < -0.4 is 10.1 Å². The van der Waals surface area contributed by atoms with Gasteiger partial charge in [-0.3, -0.25) is 4.79 Å². The zero-order valence-corrected chi connectivity index (χ0v) is 17.9. The summed E-state index contributed by atoms with van der Waals surface area (Å²) >= 11 is 5.84. The number of anilines is 1. The van der Waals surface area contributed by atoms with E-state index in [0.29, 0.717) is 29.5 Å². The minimum absolute atomic E-state index is 0.239. The van der Waals surface area contributed by atoms with Crippen LogP contribution in [0.1, 0.15) is 32.6 Å². The molecule has 3 rings (SSSR count). The van der Waals surface area contributed by atoms with Gasteiger partial charge in [-0.05, 0) is 68.3 Å². The molecule has 0 aromatic heterocycles. The summed E-state index contributed by atoms with van der Waals surface area (Å²) < 4.78 is 32.8. The molecule has 1 fully saturated rings. The number of carbonyl (C=O) groups is 1. The lowest BCUT2D eigenvalue weighted by Crippen LogP contribution is -2.32. The van der Waals surface area contributed by atoms with Crippen molar-refractivity contribution in [3.05, 3.63) is 53.6 Å². The molecule has 0 saturated carbocycles. The molecule has 1 amide bonds. The van der Waals surface area contributed by atoms with Gasteiger partial charge in [-0.1, -0.05) is 24.4 Å². The summed E-state index contributed by atoms with van der Waals surface area (Å²) in [4.78, 5) is 12.6. The SMILES string of the molecule is C[C@@H](Oc1ccc(Cl)cc1)C(=O)Nc1ccc(S(=O)(=O)N2CCCCCC2)cc1. The predicted molar refractivity (Wildman–Crippen MR) is 114 cm³/mol. The average Bonchev–Trinajstić information content (AvgIpc) is 3.00. The highest BCUT2D eigenvalue weighted by atomic mass is 35.5. The first kappa shape index (κ1) is 21.6. The van der Waals surface area contributed by atoms with Gasteiger partial charge in [0.15, 0.2) is 6.10 Å². The molecule has 0 radical (unpaired) electrons. The number of sulfonamides is 1. The van der Waals surface area contributed by atoms with Gasteiger partial charge in [-0.2, -0.15) is 4.31 Å². The second kappa shape index (κ2) is 9.61. The van der Waals surface area contributed by atoms with Gasteiger partial charge in [0.1, 0.15) is 5.75 Å². The van der Waals surface area contributed by atoms with E-state index in [1.54, 1.807) is 47.6 Å². The topological polar surface area (TPSA) is 75.7 Å². The Morgan fingerprint density at radius 3 is 2.17 bits per heavy atom. The fourth-order valence-corrected chi connectivity index (χ4v) is 4.80. The molecule has 8 heteroatoms. The Labute approximate surface area is 176 Å². The molecule has 0 bridgehead atoms. The van der Waals surface area contributed by atoms with E-state index >= 15 is 0 Å². The third-order valence-electron chi connectivity index (χ3n) is 4.82. The number of nitrogens with zero attached hydrogens (tertiary/aromatic N) is 1. The van der Waals surface area contributed by atoms with Gasteiger partial charge >= 0.3 is 0 Å². The summed E-state index contributed by atoms with van der Waals surface area (Å²) in [6, 6.07) is 13.0. The number of halogens is 1. The Balaban J connectivity index is 1.62. The van der Waals surface area contributed by atoms with Crippen LogP contribution in [0, 0.1) is 0 Å². The van der Waals surface area contributed by atoms with E-state index < -0.39 is 16.1 Å². The van der Waals surface area contributed by atoms with Crippen molar-refractivity contribution < 1.29 is 17.9 Å². The molecule has 0 unspecified atom stereocenters. The Kier molecular flexibility index (Phi) is 7.16. The normalized spacial score (nSPS) is 16.6. The van der Waals surface area contributed by atoms with Gasteiger partial charge in [0.2, 0.25) is 10.0 Å². The van der Waals surface area contributed by atoms with Crippen molar-refractivity contribution in [1.82, 2.24) is 4.31 Å². The maximum Gasteiger partial charge on any atom is 0.265 e. The molecule has 1 saturated heterocycles. The van der Waals surface area contributed by atoms with Crippen molar-refractivity contribution in [2.75, 3.05) is 18.4 Å². The van der Waals surface area contributed by atoms with Crippen molar-refractivity contribution in [2.24, 2.45) is 0 Å². The highest BCUT2D eigenvalue weighted by Gasteiger charge is 2.25. The third-order valence-corrected chi connectivity index (χ3v) is 6.99. The fraction of sp³-hybridized carbons (Fsp3) is 0.381. The van der Waals surface area contributed by atoms with E-state index in [1.807, 2.05) is 0 Å². The second-order valence-electron chi connectivity index (χ2n) is 7.05. The summed E-state index contributed by atoms with van der Waals surface area (Å²) in [5.41, 5.74) is 0.511. The van der Waals surface area contributed by atoms with Gasteiger partial charge in [0, 0.05) is 23.8 Å². The number of amides is 1. The standard InChI is InChI=1S/C21H25ClN2O4S/c1-16(28-19-10-6-17(22)7-11-19)21(25)23-18-8-12-20(13-9-18)29(26,27)24-14-4-2-3-5-15-24/h6-13,16H,2-5,14-15H2,1H3,(H,23,25)/t16-/m1/s1. The summed E-state index contributed by atoms with van der Waals surface area (Å²) in [6.07, 6.45) is 3.18. The van der Waals surface area contributed by atoms with E-state index in [0.717, 1.165) is 25.7 Å². The van der Waals surface area contributed by atoms with E-state index in [2.05, 4.69) is 5.32 Å².